The highest BCUT2D eigenvalue weighted by atomic mass is 19.4. The monoisotopic (exact) mass is 240 g/mol. The van der Waals surface area contributed by atoms with Gasteiger partial charge in [0, 0.05) is 11.1 Å². The number of hydrogen-bond donors (Lipinski definition) is 0. The predicted octanol–water partition coefficient (Wildman–Crippen LogP) is 2.37. The van der Waals surface area contributed by atoms with E-state index in [1.54, 1.807) is 0 Å². The molecule has 1 rings (SSSR count). The maximum Gasteiger partial charge on any atom is 0.454 e. The topological polar surface area (TPSA) is 34.1 Å². The first kappa shape index (κ1) is 13.0. The normalized spacial score (nSPS) is 10.3. The molecule has 88 valence electrons. The Morgan fingerprint density at radius 3 is 2.65 bits per heavy atom. The molecule has 0 aromatic heterocycles. The van der Waals surface area contributed by atoms with Crippen molar-refractivity contribution in [2.75, 3.05) is 0 Å². The third-order valence-electron chi connectivity index (χ3n) is 1.80. The van der Waals surface area contributed by atoms with Crippen LogP contribution >= 0.6 is 0 Å². The van der Waals surface area contributed by atoms with Gasteiger partial charge in [-0.15, -0.1) is 0 Å². The van der Waals surface area contributed by atoms with Crippen molar-refractivity contribution in [1.29, 1.82) is 0 Å². The van der Waals surface area contributed by atoms with Crippen LogP contribution in [0.15, 0.2) is 24.3 Å². The van der Waals surface area contributed by atoms with E-state index in [0.29, 0.717) is 6.29 Å². The molecule has 0 aliphatic carbocycles. The molecule has 0 aliphatic heterocycles. The van der Waals surface area contributed by atoms with Crippen LogP contribution in [0.25, 0.3) is 0 Å². The number of hydrogen-bond acceptors (Lipinski definition) is 2. The molecule has 0 N–H and O–H groups in total. The Morgan fingerprint density at radius 2 is 2.06 bits per heavy atom. The second-order valence-electron chi connectivity index (χ2n) is 3.08. The number of Topliss-reactive ketones (excluding diaryl/α,β-unsaturated/α-hetero) is 1. The molecule has 0 fully saturated rings. The number of ketones is 1. The second-order valence-corrected chi connectivity index (χ2v) is 3.08. The summed E-state index contributed by atoms with van der Waals surface area (Å²) in [6.07, 6.45) is -4.32. The molecule has 0 amide bonds. The van der Waals surface area contributed by atoms with Gasteiger partial charge in [0.1, 0.15) is 6.29 Å². The van der Waals surface area contributed by atoms with Crippen molar-refractivity contribution in [3.63, 3.8) is 0 Å². The predicted molar refractivity (Wildman–Crippen MR) is 54.4 cm³/mol. The highest BCUT2D eigenvalue weighted by Crippen LogP contribution is 2.21. The summed E-state index contributed by atoms with van der Waals surface area (Å²) >= 11 is 0. The summed E-state index contributed by atoms with van der Waals surface area (Å²) in [7, 11) is 0. The molecule has 0 saturated heterocycles. The van der Waals surface area contributed by atoms with Gasteiger partial charge in [0.2, 0.25) is 0 Å². The van der Waals surface area contributed by atoms with E-state index >= 15 is 0 Å². The van der Waals surface area contributed by atoms with Crippen molar-refractivity contribution in [2.24, 2.45) is 0 Å². The number of halogens is 3. The summed E-state index contributed by atoms with van der Waals surface area (Å²) in [6.45, 7) is 0. The molecule has 1 aromatic carbocycles. The molecule has 0 aliphatic rings. The van der Waals surface area contributed by atoms with Crippen molar-refractivity contribution >= 4 is 12.1 Å². The molecule has 5 heteroatoms. The van der Waals surface area contributed by atoms with E-state index < -0.39 is 17.5 Å². The van der Waals surface area contributed by atoms with Crippen LogP contribution < -0.4 is 0 Å². The van der Waals surface area contributed by atoms with E-state index in [1.165, 1.54) is 12.1 Å². The van der Waals surface area contributed by atoms with E-state index in [0.717, 1.165) is 12.1 Å². The number of benzene rings is 1. The molecule has 0 radical (unpaired) electrons. The van der Waals surface area contributed by atoms with Gasteiger partial charge >= 0.3 is 6.18 Å². The number of alkyl halides is 3. The molecule has 2 nitrogen and oxygen atoms in total. The minimum atomic E-state index is -4.89. The SMILES string of the molecule is O=CCC#Cc1cccc(C(=O)C(F)(F)F)c1. The fraction of sp³-hybridized carbons (Fsp3) is 0.167. The minimum absolute atomic E-state index is 0.00253. The van der Waals surface area contributed by atoms with Crippen LogP contribution in [-0.4, -0.2) is 18.2 Å². The van der Waals surface area contributed by atoms with E-state index in [2.05, 4.69) is 11.8 Å². The first-order valence-electron chi connectivity index (χ1n) is 4.59. The Bertz CT molecular complexity index is 492. The minimum Gasteiger partial charge on any atom is -0.302 e. The highest BCUT2D eigenvalue weighted by Gasteiger charge is 2.39. The fourth-order valence-corrected chi connectivity index (χ4v) is 1.10. The van der Waals surface area contributed by atoms with Gasteiger partial charge in [0.05, 0.1) is 6.42 Å². The number of rotatable bonds is 2. The molecule has 0 heterocycles. The van der Waals surface area contributed by atoms with Crippen molar-refractivity contribution < 1.29 is 22.8 Å². The zero-order valence-corrected chi connectivity index (χ0v) is 8.54. The lowest BCUT2D eigenvalue weighted by Gasteiger charge is -2.04. The Balaban J connectivity index is 2.99. The summed E-state index contributed by atoms with van der Waals surface area (Å²) < 4.78 is 36.4. The first-order valence-corrected chi connectivity index (χ1v) is 4.59. The first-order chi connectivity index (χ1) is 7.95. The van der Waals surface area contributed by atoms with E-state index in [1.807, 2.05) is 0 Å². The lowest BCUT2D eigenvalue weighted by atomic mass is 10.1. The van der Waals surface area contributed by atoms with Gasteiger partial charge in [-0.3, -0.25) is 4.79 Å². The molecule has 0 unspecified atom stereocenters. The van der Waals surface area contributed by atoms with Gasteiger partial charge in [-0.2, -0.15) is 13.2 Å². The summed E-state index contributed by atoms with van der Waals surface area (Å²) in [5.74, 6) is 3.03. The summed E-state index contributed by atoms with van der Waals surface area (Å²) in [5, 5.41) is 0. The van der Waals surface area contributed by atoms with E-state index in [9.17, 15) is 22.8 Å². The Labute approximate surface area is 95.4 Å². The van der Waals surface area contributed by atoms with Gasteiger partial charge in [-0.1, -0.05) is 24.0 Å². The highest BCUT2D eigenvalue weighted by molar-refractivity contribution is 6.00. The summed E-state index contributed by atoms with van der Waals surface area (Å²) in [4.78, 5) is 20.9. The molecule has 0 bridgehead atoms. The van der Waals surface area contributed by atoms with Crippen LogP contribution in [-0.2, 0) is 4.79 Å². The number of carbonyl (C=O) groups excluding carboxylic acids is 2. The number of aldehydes is 1. The lowest BCUT2D eigenvalue weighted by Crippen LogP contribution is -2.22. The maximum absolute atomic E-state index is 12.1. The lowest BCUT2D eigenvalue weighted by molar-refractivity contribution is -0.107. The van der Waals surface area contributed by atoms with Crippen LogP contribution in [0.2, 0.25) is 0 Å². The number of carbonyl (C=O) groups is 2. The van der Waals surface area contributed by atoms with Gasteiger partial charge < -0.3 is 4.79 Å². The van der Waals surface area contributed by atoms with E-state index in [4.69, 9.17) is 0 Å². The molecule has 0 atom stereocenters. The van der Waals surface area contributed by atoms with Crippen LogP contribution in [0, 0.1) is 11.8 Å². The van der Waals surface area contributed by atoms with Crippen LogP contribution in [0.1, 0.15) is 22.3 Å². The largest absolute Gasteiger partial charge is 0.454 e. The third kappa shape index (κ3) is 3.76. The Kier molecular flexibility index (Phi) is 4.05. The van der Waals surface area contributed by atoms with Gasteiger partial charge in [0.15, 0.2) is 0 Å². The fourth-order valence-electron chi connectivity index (χ4n) is 1.10. The van der Waals surface area contributed by atoms with Gasteiger partial charge in [-0.05, 0) is 12.1 Å². The van der Waals surface area contributed by atoms with Crippen LogP contribution in [0.5, 0.6) is 0 Å². The molecule has 0 saturated carbocycles. The zero-order chi connectivity index (χ0) is 12.9. The Hall–Kier alpha value is -2.09. The average Bonchev–Trinajstić information content (AvgIpc) is 2.28. The van der Waals surface area contributed by atoms with E-state index in [-0.39, 0.29) is 12.0 Å². The van der Waals surface area contributed by atoms with Crippen LogP contribution in [0.3, 0.4) is 0 Å². The molecule has 0 spiro atoms. The smallest absolute Gasteiger partial charge is 0.302 e. The quantitative estimate of drug-likeness (QED) is 0.452. The van der Waals surface area contributed by atoms with Crippen molar-refractivity contribution in [3.05, 3.63) is 35.4 Å². The summed E-state index contributed by atoms with van der Waals surface area (Å²) in [6, 6.07) is 4.89. The average molecular weight is 240 g/mol. The molecule has 17 heavy (non-hydrogen) atoms. The van der Waals surface area contributed by atoms with Crippen LogP contribution in [0.4, 0.5) is 13.2 Å². The maximum atomic E-state index is 12.1. The third-order valence-corrected chi connectivity index (χ3v) is 1.80. The molecule has 1 aromatic rings. The van der Waals surface area contributed by atoms with Crippen molar-refractivity contribution in [3.8, 4) is 11.8 Å². The molecular weight excluding hydrogens is 233 g/mol. The second kappa shape index (κ2) is 5.30. The van der Waals surface area contributed by atoms with Crippen molar-refractivity contribution in [1.82, 2.24) is 0 Å². The summed E-state index contributed by atoms with van der Waals surface area (Å²) in [5.41, 5.74) is -0.197. The Morgan fingerprint density at radius 1 is 1.35 bits per heavy atom. The molecular formula is C12H7F3O2. The zero-order valence-electron chi connectivity index (χ0n) is 8.54. The van der Waals surface area contributed by atoms with Crippen molar-refractivity contribution in [2.45, 2.75) is 12.6 Å². The van der Waals surface area contributed by atoms with Gasteiger partial charge in [-0.25, -0.2) is 0 Å². The standard InChI is InChI=1S/C12H7F3O2/c13-12(14,15)11(17)10-6-3-5-9(8-10)4-1-2-7-16/h3,5-8H,2H2. The van der Waals surface area contributed by atoms with Gasteiger partial charge in [0.25, 0.3) is 5.78 Å².